The third-order valence-electron chi connectivity index (χ3n) is 5.33. The molecule has 1 aliphatic rings. The van der Waals surface area contributed by atoms with Gasteiger partial charge in [0.1, 0.15) is 17.1 Å². The second-order valence-corrected chi connectivity index (χ2v) is 10.1. The predicted molar refractivity (Wildman–Crippen MR) is 119 cm³/mol. The van der Waals surface area contributed by atoms with Crippen molar-refractivity contribution in [2.24, 2.45) is 0 Å². The van der Waals surface area contributed by atoms with Crippen molar-refractivity contribution in [2.45, 2.75) is 36.2 Å². The van der Waals surface area contributed by atoms with E-state index in [9.17, 15) is 13.2 Å². The van der Waals surface area contributed by atoms with Gasteiger partial charge in [-0.2, -0.15) is 4.31 Å². The molecule has 0 bridgehead atoms. The highest BCUT2D eigenvalue weighted by molar-refractivity contribution is 7.98. The summed E-state index contributed by atoms with van der Waals surface area (Å²) in [6.07, 6.45) is 0. The number of rotatable bonds is 7. The molecule has 0 atom stereocenters. The van der Waals surface area contributed by atoms with Gasteiger partial charge in [0.2, 0.25) is 10.0 Å². The van der Waals surface area contributed by atoms with Crippen molar-refractivity contribution in [3.05, 3.63) is 41.3 Å². The third kappa shape index (κ3) is 4.29. The van der Waals surface area contributed by atoms with Crippen LogP contribution in [0.1, 0.15) is 28.8 Å². The zero-order chi connectivity index (χ0) is 22.9. The van der Waals surface area contributed by atoms with E-state index in [4.69, 9.17) is 13.9 Å². The van der Waals surface area contributed by atoms with E-state index >= 15 is 0 Å². The lowest BCUT2D eigenvalue weighted by atomic mass is 10.2. The zero-order valence-corrected chi connectivity index (χ0v) is 19.8. The molecule has 0 saturated carbocycles. The van der Waals surface area contributed by atoms with Gasteiger partial charge in [0, 0.05) is 19.6 Å². The quantitative estimate of drug-likeness (QED) is 0.376. The van der Waals surface area contributed by atoms with Crippen molar-refractivity contribution < 1.29 is 27.1 Å². The fourth-order valence-corrected chi connectivity index (χ4v) is 6.05. The predicted octanol–water partition coefficient (Wildman–Crippen LogP) is 3.06. The van der Waals surface area contributed by atoms with E-state index in [2.05, 4.69) is 4.98 Å². The molecule has 4 rings (SSSR count). The van der Waals surface area contributed by atoms with Gasteiger partial charge < -0.3 is 18.5 Å². The van der Waals surface area contributed by atoms with Gasteiger partial charge in [-0.15, -0.1) is 0 Å². The fourth-order valence-electron chi connectivity index (χ4n) is 3.66. The van der Waals surface area contributed by atoms with Gasteiger partial charge in [0.05, 0.1) is 42.0 Å². The maximum Gasteiger partial charge on any atom is 0.341 e. The number of thioether (sulfide) groups is 1. The van der Waals surface area contributed by atoms with Gasteiger partial charge in [0.25, 0.3) is 0 Å². The Labute approximate surface area is 190 Å². The summed E-state index contributed by atoms with van der Waals surface area (Å²) < 4.78 is 45.2. The maximum atomic E-state index is 13.0. The fraction of sp³-hybridized carbons (Fsp3) is 0.429. The van der Waals surface area contributed by atoms with Crippen LogP contribution in [0.5, 0.6) is 0 Å². The SMILES string of the molecule is CCn1c(SCc2cc(C(=O)OC)c(C)o2)nc2cc(S(=O)(=O)N3CCOCC3)ccc21. The van der Waals surface area contributed by atoms with E-state index < -0.39 is 16.0 Å². The lowest BCUT2D eigenvalue weighted by Crippen LogP contribution is -2.40. The normalized spacial score (nSPS) is 15.3. The Bertz CT molecular complexity index is 1240. The number of sulfonamides is 1. The molecule has 1 saturated heterocycles. The van der Waals surface area contributed by atoms with E-state index in [0.29, 0.717) is 61.2 Å². The van der Waals surface area contributed by atoms with Crippen LogP contribution in [0, 0.1) is 6.92 Å². The number of aromatic nitrogens is 2. The topological polar surface area (TPSA) is 104 Å². The number of hydrogen-bond acceptors (Lipinski definition) is 8. The first-order valence-electron chi connectivity index (χ1n) is 10.2. The van der Waals surface area contributed by atoms with Crippen LogP contribution in [0.2, 0.25) is 0 Å². The van der Waals surface area contributed by atoms with Crippen LogP contribution in [-0.4, -0.2) is 61.7 Å². The average molecular weight is 480 g/mol. The van der Waals surface area contributed by atoms with Crippen LogP contribution < -0.4 is 0 Å². The number of nitrogens with zero attached hydrogens (tertiary/aromatic N) is 3. The van der Waals surface area contributed by atoms with Crippen LogP contribution >= 0.6 is 11.8 Å². The number of carbonyl (C=O) groups is 1. The van der Waals surface area contributed by atoms with Gasteiger partial charge in [-0.05, 0) is 38.1 Å². The number of fused-ring (bicyclic) bond motifs is 1. The summed E-state index contributed by atoms with van der Waals surface area (Å²) in [4.78, 5) is 16.7. The lowest BCUT2D eigenvalue weighted by Gasteiger charge is -2.26. The minimum absolute atomic E-state index is 0.230. The molecular formula is C21H25N3O6S2. The first-order valence-corrected chi connectivity index (χ1v) is 12.7. The summed E-state index contributed by atoms with van der Waals surface area (Å²) in [6, 6.07) is 6.74. The molecule has 9 nitrogen and oxygen atoms in total. The monoisotopic (exact) mass is 479 g/mol. The summed E-state index contributed by atoms with van der Waals surface area (Å²) in [5.41, 5.74) is 1.89. The zero-order valence-electron chi connectivity index (χ0n) is 18.2. The first kappa shape index (κ1) is 22.8. The first-order chi connectivity index (χ1) is 15.3. The van der Waals surface area contributed by atoms with E-state index in [1.807, 2.05) is 11.5 Å². The molecular weight excluding hydrogens is 454 g/mol. The van der Waals surface area contributed by atoms with Crippen molar-refractivity contribution in [1.82, 2.24) is 13.9 Å². The standard InChI is InChI=1S/C21H25N3O6S2/c1-4-24-19-6-5-16(32(26,27)23-7-9-29-10-8-23)12-18(19)22-21(24)31-13-15-11-17(14(2)30-15)20(25)28-3/h5-6,11-12H,4,7-10,13H2,1-3H3. The second kappa shape index (κ2) is 9.26. The molecule has 1 aliphatic heterocycles. The Hall–Kier alpha value is -2.34. The van der Waals surface area contributed by atoms with Crippen molar-refractivity contribution >= 4 is 38.8 Å². The molecule has 172 valence electrons. The summed E-state index contributed by atoms with van der Waals surface area (Å²) in [5, 5.41) is 0.747. The number of aryl methyl sites for hydroxylation is 2. The lowest BCUT2D eigenvalue weighted by molar-refractivity contribution is 0.0598. The van der Waals surface area contributed by atoms with Gasteiger partial charge in [0.15, 0.2) is 5.16 Å². The Morgan fingerprint density at radius 3 is 2.69 bits per heavy atom. The minimum atomic E-state index is -3.59. The molecule has 3 heterocycles. The van der Waals surface area contributed by atoms with E-state index in [1.54, 1.807) is 31.2 Å². The van der Waals surface area contributed by atoms with Crippen molar-refractivity contribution in [3.8, 4) is 0 Å². The number of ether oxygens (including phenoxy) is 2. The molecule has 0 unspecified atom stereocenters. The van der Waals surface area contributed by atoms with Crippen molar-refractivity contribution in [1.29, 1.82) is 0 Å². The number of carbonyl (C=O) groups excluding carboxylic acids is 1. The Morgan fingerprint density at radius 2 is 2.00 bits per heavy atom. The van der Waals surface area contributed by atoms with E-state index in [1.165, 1.54) is 23.2 Å². The van der Waals surface area contributed by atoms with Crippen molar-refractivity contribution in [3.63, 3.8) is 0 Å². The Kier molecular flexibility index (Phi) is 6.61. The molecule has 2 aromatic heterocycles. The van der Waals surface area contributed by atoms with Gasteiger partial charge >= 0.3 is 5.97 Å². The minimum Gasteiger partial charge on any atom is -0.465 e. The molecule has 0 amide bonds. The molecule has 0 radical (unpaired) electrons. The number of imidazole rings is 1. The van der Waals surface area contributed by atoms with Gasteiger partial charge in [-0.25, -0.2) is 18.2 Å². The number of methoxy groups -OCH3 is 1. The largest absolute Gasteiger partial charge is 0.465 e. The van der Waals surface area contributed by atoms with Crippen LogP contribution in [-0.2, 0) is 31.8 Å². The van der Waals surface area contributed by atoms with E-state index in [-0.39, 0.29) is 4.90 Å². The maximum absolute atomic E-state index is 13.0. The number of benzene rings is 1. The average Bonchev–Trinajstić information content (AvgIpc) is 3.36. The highest BCUT2D eigenvalue weighted by atomic mass is 32.2. The molecule has 1 fully saturated rings. The molecule has 1 aromatic carbocycles. The van der Waals surface area contributed by atoms with Crippen molar-refractivity contribution in [2.75, 3.05) is 33.4 Å². The molecule has 0 spiro atoms. The second-order valence-electron chi connectivity index (χ2n) is 7.27. The molecule has 11 heteroatoms. The van der Waals surface area contributed by atoms with Gasteiger partial charge in [-0.1, -0.05) is 11.8 Å². The van der Waals surface area contributed by atoms with Crippen LogP contribution in [0.4, 0.5) is 0 Å². The smallest absolute Gasteiger partial charge is 0.341 e. The molecule has 32 heavy (non-hydrogen) atoms. The van der Waals surface area contributed by atoms with Gasteiger partial charge in [-0.3, -0.25) is 0 Å². The third-order valence-corrected chi connectivity index (χ3v) is 8.22. The Morgan fingerprint density at radius 1 is 1.25 bits per heavy atom. The number of esters is 1. The summed E-state index contributed by atoms with van der Waals surface area (Å²) in [6.45, 7) is 5.91. The number of furan rings is 1. The van der Waals surface area contributed by atoms with Crippen LogP contribution in [0.25, 0.3) is 11.0 Å². The number of morpholine rings is 1. The van der Waals surface area contributed by atoms with Crippen LogP contribution in [0.15, 0.2) is 38.7 Å². The summed E-state index contributed by atoms with van der Waals surface area (Å²) >= 11 is 1.46. The van der Waals surface area contributed by atoms with Crippen LogP contribution in [0.3, 0.4) is 0 Å². The highest BCUT2D eigenvalue weighted by Crippen LogP contribution is 2.30. The van der Waals surface area contributed by atoms with E-state index in [0.717, 1.165) is 10.7 Å². The molecule has 0 N–H and O–H groups in total. The Balaban J connectivity index is 1.60. The molecule has 0 aliphatic carbocycles. The summed E-state index contributed by atoms with van der Waals surface area (Å²) in [5.74, 6) is 1.19. The summed E-state index contributed by atoms with van der Waals surface area (Å²) in [7, 11) is -2.26. The molecule has 3 aromatic rings. The highest BCUT2D eigenvalue weighted by Gasteiger charge is 2.27. The number of hydrogen-bond donors (Lipinski definition) is 0.